The quantitative estimate of drug-likeness (QED) is 0.647. The van der Waals surface area contributed by atoms with Crippen molar-refractivity contribution in [3.63, 3.8) is 0 Å². The van der Waals surface area contributed by atoms with E-state index in [2.05, 4.69) is 21.5 Å². The van der Waals surface area contributed by atoms with Gasteiger partial charge in [0.2, 0.25) is 5.91 Å². The summed E-state index contributed by atoms with van der Waals surface area (Å²) in [5.41, 5.74) is -1.17. The SMILES string of the molecule is C#CCCC1(CCC(=O)NCC2(C(=O)O)CC2)N=N1. The highest BCUT2D eigenvalue weighted by molar-refractivity contribution is 5.80. The number of aliphatic carboxylic acids is 1. The maximum absolute atomic E-state index is 11.7. The van der Waals surface area contributed by atoms with Crippen molar-refractivity contribution in [1.82, 2.24) is 5.32 Å². The minimum absolute atomic E-state index is 0.148. The molecular formula is C13H17N3O3. The van der Waals surface area contributed by atoms with Crippen LogP contribution in [0.4, 0.5) is 0 Å². The van der Waals surface area contributed by atoms with Crippen LogP contribution in [0.1, 0.15) is 38.5 Å². The summed E-state index contributed by atoms with van der Waals surface area (Å²) in [6.45, 7) is 0.215. The molecule has 0 spiro atoms. The molecule has 2 rings (SSSR count). The van der Waals surface area contributed by atoms with Crippen LogP contribution in [-0.2, 0) is 9.59 Å². The standard InChI is InChI=1S/C13H17N3O3/c1-2-3-5-13(15-16-13)6-4-10(17)14-9-12(7-8-12)11(18)19/h1H,3-9H2,(H,14,17)(H,18,19). The van der Waals surface area contributed by atoms with Gasteiger partial charge in [-0.25, -0.2) is 0 Å². The lowest BCUT2D eigenvalue weighted by molar-refractivity contribution is -0.143. The second kappa shape index (κ2) is 5.00. The van der Waals surface area contributed by atoms with Crippen LogP contribution in [0.25, 0.3) is 0 Å². The molecule has 0 unspecified atom stereocenters. The van der Waals surface area contributed by atoms with Crippen LogP contribution >= 0.6 is 0 Å². The lowest BCUT2D eigenvalue weighted by Gasteiger charge is -2.12. The summed E-state index contributed by atoms with van der Waals surface area (Å²) >= 11 is 0. The third-order valence-electron chi connectivity index (χ3n) is 3.74. The Morgan fingerprint density at radius 3 is 2.47 bits per heavy atom. The fourth-order valence-corrected chi connectivity index (χ4v) is 1.96. The molecule has 2 aliphatic rings. The number of carboxylic acid groups (broad SMARTS) is 1. The zero-order chi connectivity index (χ0) is 13.9. The molecule has 1 fully saturated rings. The van der Waals surface area contributed by atoms with Crippen LogP contribution in [0.5, 0.6) is 0 Å². The molecule has 0 atom stereocenters. The highest BCUT2D eigenvalue weighted by Crippen LogP contribution is 2.45. The minimum Gasteiger partial charge on any atom is -0.481 e. The highest BCUT2D eigenvalue weighted by Gasteiger charge is 2.50. The third kappa shape index (κ3) is 3.31. The molecule has 1 saturated carbocycles. The van der Waals surface area contributed by atoms with Gasteiger partial charge < -0.3 is 10.4 Å². The van der Waals surface area contributed by atoms with Crippen LogP contribution in [-0.4, -0.2) is 29.2 Å². The van der Waals surface area contributed by atoms with Gasteiger partial charge >= 0.3 is 5.97 Å². The van der Waals surface area contributed by atoms with E-state index < -0.39 is 17.0 Å². The Morgan fingerprint density at radius 1 is 1.32 bits per heavy atom. The lowest BCUT2D eigenvalue weighted by atomic mass is 10.0. The second-order valence-corrected chi connectivity index (χ2v) is 5.25. The molecule has 2 N–H and O–H groups in total. The van der Waals surface area contributed by atoms with Crippen molar-refractivity contribution in [2.24, 2.45) is 15.6 Å². The van der Waals surface area contributed by atoms with Gasteiger partial charge in [-0.05, 0) is 12.8 Å². The number of amides is 1. The fourth-order valence-electron chi connectivity index (χ4n) is 1.96. The molecule has 0 aromatic heterocycles. The summed E-state index contributed by atoms with van der Waals surface area (Å²) in [6, 6.07) is 0. The summed E-state index contributed by atoms with van der Waals surface area (Å²) in [4.78, 5) is 22.6. The first kappa shape index (κ1) is 13.5. The molecule has 0 aromatic carbocycles. The highest BCUT2D eigenvalue weighted by atomic mass is 16.4. The van der Waals surface area contributed by atoms with E-state index in [0.29, 0.717) is 38.5 Å². The first-order chi connectivity index (χ1) is 9.02. The molecule has 0 radical (unpaired) electrons. The van der Waals surface area contributed by atoms with Gasteiger partial charge in [-0.1, -0.05) is 0 Å². The maximum atomic E-state index is 11.7. The van der Waals surface area contributed by atoms with E-state index in [1.165, 1.54) is 0 Å². The van der Waals surface area contributed by atoms with Crippen molar-refractivity contribution in [2.75, 3.05) is 6.54 Å². The number of hydrogen-bond acceptors (Lipinski definition) is 4. The van der Waals surface area contributed by atoms with Gasteiger partial charge in [0.1, 0.15) is 0 Å². The molecule has 19 heavy (non-hydrogen) atoms. The number of hydrogen-bond donors (Lipinski definition) is 2. The summed E-state index contributed by atoms with van der Waals surface area (Å²) in [5, 5.41) is 19.6. The molecule has 6 heteroatoms. The van der Waals surface area contributed by atoms with Crippen LogP contribution < -0.4 is 5.32 Å². The molecule has 0 aromatic rings. The van der Waals surface area contributed by atoms with Crippen molar-refractivity contribution in [2.45, 2.75) is 44.2 Å². The molecule has 6 nitrogen and oxygen atoms in total. The number of rotatable bonds is 8. The number of terminal acetylenes is 1. The summed E-state index contributed by atoms with van der Waals surface area (Å²) in [7, 11) is 0. The summed E-state index contributed by atoms with van der Waals surface area (Å²) < 4.78 is 0. The van der Waals surface area contributed by atoms with E-state index in [-0.39, 0.29) is 12.5 Å². The van der Waals surface area contributed by atoms with Crippen molar-refractivity contribution >= 4 is 11.9 Å². The van der Waals surface area contributed by atoms with Gasteiger partial charge in [0.25, 0.3) is 0 Å². The second-order valence-electron chi connectivity index (χ2n) is 5.25. The van der Waals surface area contributed by atoms with Crippen LogP contribution in [0.15, 0.2) is 10.2 Å². The zero-order valence-electron chi connectivity index (χ0n) is 10.7. The molecular weight excluding hydrogens is 246 g/mol. The molecule has 1 heterocycles. The number of carboxylic acids is 1. The van der Waals surface area contributed by atoms with Gasteiger partial charge in [0, 0.05) is 32.2 Å². The molecule has 1 aliphatic heterocycles. The van der Waals surface area contributed by atoms with Crippen molar-refractivity contribution in [1.29, 1.82) is 0 Å². The minimum atomic E-state index is -0.828. The zero-order valence-corrected chi connectivity index (χ0v) is 10.7. The predicted octanol–water partition coefficient (Wildman–Crippen LogP) is 1.32. The lowest BCUT2D eigenvalue weighted by Crippen LogP contribution is -2.34. The predicted molar refractivity (Wildman–Crippen MR) is 67.2 cm³/mol. The fraction of sp³-hybridized carbons (Fsp3) is 0.692. The number of nitrogens with one attached hydrogen (secondary N) is 1. The normalized spacial score (nSPS) is 20.4. The van der Waals surface area contributed by atoms with E-state index in [9.17, 15) is 9.59 Å². The maximum Gasteiger partial charge on any atom is 0.311 e. The van der Waals surface area contributed by atoms with E-state index >= 15 is 0 Å². The first-order valence-electron chi connectivity index (χ1n) is 6.40. The smallest absolute Gasteiger partial charge is 0.311 e. The average Bonchev–Trinajstić information content (AvgIpc) is 3.27. The Balaban J connectivity index is 1.66. The molecule has 102 valence electrons. The monoisotopic (exact) mass is 263 g/mol. The number of carbonyl (C=O) groups is 2. The topological polar surface area (TPSA) is 91.1 Å². The van der Waals surface area contributed by atoms with Crippen LogP contribution in [0, 0.1) is 17.8 Å². The van der Waals surface area contributed by atoms with Gasteiger partial charge in [-0.2, -0.15) is 10.2 Å². The Bertz CT molecular complexity index is 454. The first-order valence-corrected chi connectivity index (χ1v) is 6.40. The van der Waals surface area contributed by atoms with E-state index in [4.69, 9.17) is 11.5 Å². The average molecular weight is 263 g/mol. The van der Waals surface area contributed by atoms with Gasteiger partial charge in [0.15, 0.2) is 5.66 Å². The molecule has 0 saturated heterocycles. The van der Waals surface area contributed by atoms with Gasteiger partial charge in [-0.3, -0.25) is 9.59 Å². The number of nitrogens with zero attached hydrogens (tertiary/aromatic N) is 2. The summed E-state index contributed by atoms with van der Waals surface area (Å²) in [5.74, 6) is 1.55. The van der Waals surface area contributed by atoms with Gasteiger partial charge in [0.05, 0.1) is 5.41 Å². The Morgan fingerprint density at radius 2 is 2.00 bits per heavy atom. The summed E-state index contributed by atoms with van der Waals surface area (Å²) in [6.07, 6.45) is 8.57. The van der Waals surface area contributed by atoms with Crippen molar-refractivity contribution in [3.05, 3.63) is 0 Å². The largest absolute Gasteiger partial charge is 0.481 e. The number of carbonyl (C=O) groups excluding carboxylic acids is 1. The molecule has 1 aliphatic carbocycles. The Kier molecular flexibility index (Phi) is 3.56. The van der Waals surface area contributed by atoms with Crippen molar-refractivity contribution in [3.8, 4) is 12.3 Å². The van der Waals surface area contributed by atoms with E-state index in [1.807, 2.05) is 0 Å². The molecule has 0 bridgehead atoms. The molecule has 1 amide bonds. The van der Waals surface area contributed by atoms with Crippen LogP contribution in [0.2, 0.25) is 0 Å². The van der Waals surface area contributed by atoms with Gasteiger partial charge in [-0.15, -0.1) is 12.3 Å². The Hall–Kier alpha value is -1.90. The van der Waals surface area contributed by atoms with E-state index in [0.717, 1.165) is 0 Å². The van der Waals surface area contributed by atoms with Crippen LogP contribution in [0.3, 0.4) is 0 Å². The third-order valence-corrected chi connectivity index (χ3v) is 3.74. The van der Waals surface area contributed by atoms with Crippen molar-refractivity contribution < 1.29 is 14.7 Å². The Labute approximate surface area is 111 Å². The van der Waals surface area contributed by atoms with E-state index in [1.54, 1.807) is 0 Å².